The number of ether oxygens (including phenoxy) is 5. The molecule has 0 radical (unpaired) electrons. The van der Waals surface area contributed by atoms with Gasteiger partial charge >= 0.3 is 0 Å². The summed E-state index contributed by atoms with van der Waals surface area (Å²) in [6.45, 7) is 2.44. The van der Waals surface area contributed by atoms with Gasteiger partial charge in [-0.05, 0) is 60.5 Å². The zero-order chi connectivity index (χ0) is 23.7. The molecule has 5 rings (SSSR count). The number of fused-ring (bicyclic) bond motifs is 2. The third-order valence-electron chi connectivity index (χ3n) is 5.54. The number of primary amides is 1. The van der Waals surface area contributed by atoms with Crippen LogP contribution in [0.3, 0.4) is 0 Å². The minimum atomic E-state index is -0.639. The van der Waals surface area contributed by atoms with Gasteiger partial charge in [0.05, 0.1) is 18.2 Å². The van der Waals surface area contributed by atoms with E-state index in [-0.39, 0.29) is 24.7 Å². The summed E-state index contributed by atoms with van der Waals surface area (Å²) in [6.07, 6.45) is 0. The average Bonchev–Trinajstić information content (AvgIpc) is 3.51. The van der Waals surface area contributed by atoms with Crippen LogP contribution >= 0.6 is 0 Å². The van der Waals surface area contributed by atoms with Gasteiger partial charge in [0, 0.05) is 5.56 Å². The fourth-order valence-corrected chi connectivity index (χ4v) is 3.90. The van der Waals surface area contributed by atoms with Crippen LogP contribution in [0.5, 0.6) is 28.7 Å². The third-order valence-corrected chi connectivity index (χ3v) is 5.54. The molecule has 34 heavy (non-hydrogen) atoms. The smallest absolute Gasteiger partial charge is 0.255 e. The van der Waals surface area contributed by atoms with E-state index < -0.39 is 17.9 Å². The standard InChI is InChI=1S/C25H22N2O7/c1-2-30-18-6-5-16(24(26)28)9-17(18)25(29)27-23(14-3-7-19-21(10-14)33-12-31-19)15-4-8-20-22(11-15)34-13-32-20/h3-11,23H,2,12-13H2,1H3,(H2,26,28)(H,27,29). The van der Waals surface area contributed by atoms with Crippen molar-refractivity contribution in [3.63, 3.8) is 0 Å². The van der Waals surface area contributed by atoms with Crippen molar-refractivity contribution in [2.24, 2.45) is 5.73 Å². The van der Waals surface area contributed by atoms with Crippen molar-refractivity contribution >= 4 is 11.8 Å². The second-order valence-corrected chi connectivity index (χ2v) is 7.64. The summed E-state index contributed by atoms with van der Waals surface area (Å²) in [5.41, 5.74) is 7.36. The molecule has 2 amide bonds. The van der Waals surface area contributed by atoms with Crippen LogP contribution in [0, 0.1) is 0 Å². The Morgan fingerprint density at radius 1 is 0.882 bits per heavy atom. The first-order valence-electron chi connectivity index (χ1n) is 10.7. The number of benzene rings is 3. The lowest BCUT2D eigenvalue weighted by Gasteiger charge is -2.21. The Labute approximate surface area is 195 Å². The summed E-state index contributed by atoms with van der Waals surface area (Å²) in [5, 5.41) is 3.05. The normalized spacial score (nSPS) is 13.1. The molecule has 3 N–H and O–H groups in total. The molecule has 9 heteroatoms. The summed E-state index contributed by atoms with van der Waals surface area (Å²) in [6, 6.07) is 14.9. The maximum absolute atomic E-state index is 13.5. The zero-order valence-electron chi connectivity index (χ0n) is 18.3. The van der Waals surface area contributed by atoms with Crippen molar-refractivity contribution in [2.75, 3.05) is 20.2 Å². The van der Waals surface area contributed by atoms with Crippen LogP contribution in [0.15, 0.2) is 54.6 Å². The van der Waals surface area contributed by atoms with Gasteiger partial charge in [-0.15, -0.1) is 0 Å². The maximum Gasteiger partial charge on any atom is 0.255 e. The van der Waals surface area contributed by atoms with Crippen LogP contribution in [0.25, 0.3) is 0 Å². The van der Waals surface area contributed by atoms with Crippen molar-refractivity contribution in [1.29, 1.82) is 0 Å². The predicted molar refractivity (Wildman–Crippen MR) is 121 cm³/mol. The Hall–Kier alpha value is -4.40. The largest absolute Gasteiger partial charge is 0.493 e. The van der Waals surface area contributed by atoms with E-state index in [4.69, 9.17) is 29.4 Å². The number of carbonyl (C=O) groups is 2. The molecule has 0 aromatic heterocycles. The number of carbonyl (C=O) groups excluding carboxylic acids is 2. The van der Waals surface area contributed by atoms with Crippen molar-refractivity contribution < 1.29 is 33.3 Å². The Kier molecular flexibility index (Phi) is 5.59. The Balaban J connectivity index is 1.54. The molecule has 9 nitrogen and oxygen atoms in total. The van der Waals surface area contributed by atoms with Gasteiger partial charge in [0.15, 0.2) is 23.0 Å². The van der Waals surface area contributed by atoms with Crippen molar-refractivity contribution in [3.05, 3.63) is 76.9 Å². The lowest BCUT2D eigenvalue weighted by atomic mass is 9.97. The monoisotopic (exact) mass is 462 g/mol. The van der Waals surface area contributed by atoms with E-state index in [1.54, 1.807) is 18.2 Å². The molecule has 0 unspecified atom stereocenters. The summed E-state index contributed by atoms with van der Waals surface area (Å²) in [7, 11) is 0. The molecule has 0 atom stereocenters. The van der Waals surface area contributed by atoms with Crippen LogP contribution in [-0.2, 0) is 0 Å². The zero-order valence-corrected chi connectivity index (χ0v) is 18.3. The van der Waals surface area contributed by atoms with Gasteiger partial charge in [0.1, 0.15) is 5.75 Å². The number of hydrogen-bond donors (Lipinski definition) is 2. The minimum absolute atomic E-state index is 0.136. The molecular formula is C25H22N2O7. The Morgan fingerprint density at radius 3 is 2.03 bits per heavy atom. The van der Waals surface area contributed by atoms with E-state index in [1.165, 1.54) is 12.1 Å². The quantitative estimate of drug-likeness (QED) is 0.554. The van der Waals surface area contributed by atoms with Crippen molar-refractivity contribution in [2.45, 2.75) is 13.0 Å². The van der Waals surface area contributed by atoms with Crippen LogP contribution in [0.1, 0.15) is 44.8 Å². The fourth-order valence-electron chi connectivity index (χ4n) is 3.90. The van der Waals surface area contributed by atoms with Gasteiger partial charge in [-0.25, -0.2) is 0 Å². The molecule has 2 aliphatic rings. The molecule has 0 fully saturated rings. The highest BCUT2D eigenvalue weighted by atomic mass is 16.7. The van der Waals surface area contributed by atoms with Crippen LogP contribution in [0.2, 0.25) is 0 Å². The first kappa shape index (κ1) is 21.4. The molecule has 0 aliphatic carbocycles. The second-order valence-electron chi connectivity index (χ2n) is 7.64. The maximum atomic E-state index is 13.5. The number of nitrogens with two attached hydrogens (primary N) is 1. The summed E-state index contributed by atoms with van der Waals surface area (Å²) >= 11 is 0. The molecule has 0 saturated heterocycles. The van der Waals surface area contributed by atoms with E-state index in [9.17, 15) is 9.59 Å². The van der Waals surface area contributed by atoms with Gasteiger partial charge in [-0.3, -0.25) is 9.59 Å². The lowest BCUT2D eigenvalue weighted by Crippen LogP contribution is -2.30. The van der Waals surface area contributed by atoms with Gasteiger partial charge < -0.3 is 34.7 Å². The molecule has 3 aromatic rings. The minimum Gasteiger partial charge on any atom is -0.493 e. The predicted octanol–water partition coefficient (Wildman–Crippen LogP) is 3.16. The van der Waals surface area contributed by atoms with Crippen LogP contribution in [0.4, 0.5) is 0 Å². The number of amides is 2. The van der Waals surface area contributed by atoms with Crippen LogP contribution < -0.4 is 34.7 Å². The molecule has 0 saturated carbocycles. The molecule has 2 aliphatic heterocycles. The van der Waals surface area contributed by atoms with Gasteiger partial charge in [-0.2, -0.15) is 0 Å². The van der Waals surface area contributed by atoms with E-state index in [1.807, 2.05) is 31.2 Å². The second kappa shape index (κ2) is 8.86. The third kappa shape index (κ3) is 4.03. The van der Waals surface area contributed by atoms with Crippen molar-refractivity contribution in [3.8, 4) is 28.7 Å². The van der Waals surface area contributed by atoms with Crippen LogP contribution in [-0.4, -0.2) is 32.0 Å². The summed E-state index contributed by atoms with van der Waals surface area (Å²) in [5.74, 6) is 1.71. The van der Waals surface area contributed by atoms with E-state index >= 15 is 0 Å². The topological polar surface area (TPSA) is 118 Å². The number of rotatable bonds is 7. The lowest BCUT2D eigenvalue weighted by molar-refractivity contribution is 0.0939. The average molecular weight is 462 g/mol. The first-order valence-corrected chi connectivity index (χ1v) is 10.7. The SMILES string of the molecule is CCOc1ccc(C(N)=O)cc1C(=O)NC(c1ccc2c(c1)OCO2)c1ccc2c(c1)OCO2. The molecule has 0 spiro atoms. The number of nitrogens with one attached hydrogen (secondary N) is 1. The van der Waals surface area contributed by atoms with E-state index in [0.717, 1.165) is 11.1 Å². The molecule has 2 heterocycles. The Bertz CT molecular complexity index is 1220. The van der Waals surface area contributed by atoms with E-state index in [0.29, 0.717) is 35.4 Å². The molecule has 3 aromatic carbocycles. The molecular weight excluding hydrogens is 440 g/mol. The fraction of sp³-hybridized carbons (Fsp3) is 0.200. The highest BCUT2D eigenvalue weighted by Gasteiger charge is 2.25. The molecule has 0 bridgehead atoms. The summed E-state index contributed by atoms with van der Waals surface area (Å²) in [4.78, 5) is 25.2. The van der Waals surface area contributed by atoms with Gasteiger partial charge in [-0.1, -0.05) is 12.1 Å². The highest BCUT2D eigenvalue weighted by molar-refractivity contribution is 6.01. The summed E-state index contributed by atoms with van der Waals surface area (Å²) < 4.78 is 27.5. The molecule has 174 valence electrons. The first-order chi connectivity index (χ1) is 16.5. The Morgan fingerprint density at radius 2 is 1.47 bits per heavy atom. The van der Waals surface area contributed by atoms with Gasteiger partial charge in [0.2, 0.25) is 19.5 Å². The van der Waals surface area contributed by atoms with E-state index in [2.05, 4.69) is 5.32 Å². The highest BCUT2D eigenvalue weighted by Crippen LogP contribution is 2.39. The number of hydrogen-bond acceptors (Lipinski definition) is 7. The van der Waals surface area contributed by atoms with Gasteiger partial charge in [0.25, 0.3) is 5.91 Å². The van der Waals surface area contributed by atoms with Crippen molar-refractivity contribution in [1.82, 2.24) is 5.32 Å².